The second-order valence-electron chi connectivity index (χ2n) is 6.52. The van der Waals surface area contributed by atoms with Gasteiger partial charge in [0.05, 0.1) is 17.8 Å². The first-order chi connectivity index (χ1) is 14.2. The van der Waals surface area contributed by atoms with Crippen LogP contribution in [0.5, 0.6) is 0 Å². The molecule has 0 saturated carbocycles. The number of anilines is 1. The standard InChI is InChI=1S/C20H17ClF3N5O/c1-29(2)15(30)11-26-19-16(21)17(13-4-3-9-25-10-13)27-18(28-19)12-5-7-14(8-6-12)20(22,23)24/h3-10H,11H2,1-2H3,(H,26,27,28). The molecule has 0 aliphatic heterocycles. The summed E-state index contributed by atoms with van der Waals surface area (Å²) in [7, 11) is 3.22. The number of hydrogen-bond donors (Lipinski definition) is 1. The van der Waals surface area contributed by atoms with Gasteiger partial charge in [-0.3, -0.25) is 9.78 Å². The van der Waals surface area contributed by atoms with Crippen molar-refractivity contribution < 1.29 is 18.0 Å². The zero-order chi connectivity index (χ0) is 21.9. The van der Waals surface area contributed by atoms with Gasteiger partial charge in [-0.25, -0.2) is 9.97 Å². The van der Waals surface area contributed by atoms with E-state index in [4.69, 9.17) is 11.6 Å². The van der Waals surface area contributed by atoms with Crippen molar-refractivity contribution >= 4 is 23.3 Å². The molecule has 0 spiro atoms. The number of rotatable bonds is 5. The van der Waals surface area contributed by atoms with Gasteiger partial charge in [0.2, 0.25) is 5.91 Å². The lowest BCUT2D eigenvalue weighted by atomic mass is 10.1. The van der Waals surface area contributed by atoms with Crippen molar-refractivity contribution in [1.82, 2.24) is 19.9 Å². The van der Waals surface area contributed by atoms with Crippen LogP contribution in [0.25, 0.3) is 22.6 Å². The molecule has 0 radical (unpaired) electrons. The minimum Gasteiger partial charge on any atom is -0.360 e. The maximum Gasteiger partial charge on any atom is 0.416 e. The monoisotopic (exact) mass is 435 g/mol. The fourth-order valence-electron chi connectivity index (χ4n) is 2.51. The van der Waals surface area contributed by atoms with Gasteiger partial charge in [-0.15, -0.1) is 0 Å². The number of carbonyl (C=O) groups excluding carboxylic acids is 1. The average molecular weight is 436 g/mol. The van der Waals surface area contributed by atoms with E-state index in [-0.39, 0.29) is 29.1 Å². The molecule has 1 amide bonds. The van der Waals surface area contributed by atoms with Crippen molar-refractivity contribution in [2.45, 2.75) is 6.18 Å². The molecule has 3 rings (SSSR count). The van der Waals surface area contributed by atoms with Crippen molar-refractivity contribution in [2.75, 3.05) is 26.0 Å². The summed E-state index contributed by atoms with van der Waals surface area (Å²) in [5, 5.41) is 3.05. The molecule has 30 heavy (non-hydrogen) atoms. The number of pyridine rings is 1. The molecule has 0 aliphatic carbocycles. The lowest BCUT2D eigenvalue weighted by molar-refractivity contribution is -0.137. The summed E-state index contributed by atoms with van der Waals surface area (Å²) in [6.45, 7) is -0.0668. The Labute approximate surface area is 175 Å². The molecule has 2 aromatic heterocycles. The molecule has 0 saturated heterocycles. The highest BCUT2D eigenvalue weighted by Gasteiger charge is 2.30. The average Bonchev–Trinajstić information content (AvgIpc) is 2.72. The molecule has 0 atom stereocenters. The Hall–Kier alpha value is -3.20. The molecule has 0 aliphatic rings. The summed E-state index contributed by atoms with van der Waals surface area (Å²) < 4.78 is 38.6. The summed E-state index contributed by atoms with van der Waals surface area (Å²) in [4.78, 5) is 26.1. The number of aromatic nitrogens is 3. The van der Waals surface area contributed by atoms with Gasteiger partial charge in [-0.05, 0) is 24.3 Å². The molecule has 0 fully saturated rings. The third-order valence-electron chi connectivity index (χ3n) is 4.16. The topological polar surface area (TPSA) is 71.0 Å². The van der Waals surface area contributed by atoms with Crippen molar-refractivity contribution in [3.8, 4) is 22.6 Å². The van der Waals surface area contributed by atoms with E-state index < -0.39 is 11.7 Å². The van der Waals surface area contributed by atoms with Gasteiger partial charge < -0.3 is 10.2 Å². The van der Waals surface area contributed by atoms with Gasteiger partial charge in [0, 0.05) is 37.6 Å². The van der Waals surface area contributed by atoms with Crippen LogP contribution >= 0.6 is 11.6 Å². The van der Waals surface area contributed by atoms with Crippen LogP contribution in [-0.2, 0) is 11.0 Å². The molecule has 2 heterocycles. The number of benzene rings is 1. The molecule has 0 unspecified atom stereocenters. The number of alkyl halides is 3. The van der Waals surface area contributed by atoms with E-state index in [2.05, 4.69) is 20.3 Å². The van der Waals surface area contributed by atoms with E-state index in [0.717, 1.165) is 12.1 Å². The Morgan fingerprint density at radius 1 is 1.10 bits per heavy atom. The van der Waals surface area contributed by atoms with Gasteiger partial charge in [0.25, 0.3) is 0 Å². The van der Waals surface area contributed by atoms with Gasteiger partial charge in [-0.1, -0.05) is 23.7 Å². The summed E-state index contributed by atoms with van der Waals surface area (Å²) in [6.07, 6.45) is -1.30. The van der Waals surface area contributed by atoms with E-state index in [0.29, 0.717) is 16.8 Å². The van der Waals surface area contributed by atoms with Crippen LogP contribution in [-0.4, -0.2) is 46.4 Å². The number of hydrogen-bond acceptors (Lipinski definition) is 5. The van der Waals surface area contributed by atoms with E-state index in [1.807, 2.05) is 0 Å². The molecule has 1 N–H and O–H groups in total. The third kappa shape index (κ3) is 4.85. The first kappa shape index (κ1) is 21.5. The minimum absolute atomic E-state index is 0.0668. The number of halogens is 4. The van der Waals surface area contributed by atoms with Crippen LogP contribution in [0.4, 0.5) is 19.0 Å². The normalized spacial score (nSPS) is 11.3. The van der Waals surface area contributed by atoms with Gasteiger partial charge in [-0.2, -0.15) is 13.2 Å². The van der Waals surface area contributed by atoms with Gasteiger partial charge in [0.1, 0.15) is 10.8 Å². The Morgan fingerprint density at radius 3 is 2.37 bits per heavy atom. The van der Waals surface area contributed by atoms with E-state index in [1.165, 1.54) is 17.0 Å². The van der Waals surface area contributed by atoms with Crippen LogP contribution in [0.3, 0.4) is 0 Å². The molecule has 10 heteroatoms. The fraction of sp³-hybridized carbons (Fsp3) is 0.200. The zero-order valence-electron chi connectivity index (χ0n) is 16.0. The lowest BCUT2D eigenvalue weighted by Gasteiger charge is -2.15. The van der Waals surface area contributed by atoms with Crippen molar-refractivity contribution in [3.63, 3.8) is 0 Å². The maximum absolute atomic E-state index is 12.9. The van der Waals surface area contributed by atoms with Gasteiger partial charge in [0.15, 0.2) is 5.82 Å². The quantitative estimate of drug-likeness (QED) is 0.644. The van der Waals surface area contributed by atoms with Crippen molar-refractivity contribution in [2.24, 2.45) is 0 Å². The van der Waals surface area contributed by atoms with Crippen molar-refractivity contribution in [3.05, 3.63) is 59.4 Å². The highest BCUT2D eigenvalue weighted by Crippen LogP contribution is 2.34. The van der Waals surface area contributed by atoms with E-state index >= 15 is 0 Å². The summed E-state index contributed by atoms with van der Waals surface area (Å²) in [6, 6.07) is 7.93. The largest absolute Gasteiger partial charge is 0.416 e. The van der Waals surface area contributed by atoms with Crippen LogP contribution in [0, 0.1) is 0 Å². The Kier molecular flexibility index (Phi) is 6.21. The molecule has 156 valence electrons. The SMILES string of the molecule is CN(C)C(=O)CNc1nc(-c2ccc(C(F)(F)F)cc2)nc(-c2cccnc2)c1Cl. The van der Waals surface area contributed by atoms with Crippen LogP contribution < -0.4 is 5.32 Å². The highest BCUT2D eigenvalue weighted by atomic mass is 35.5. The molecule has 0 bridgehead atoms. The molecule has 6 nitrogen and oxygen atoms in total. The summed E-state index contributed by atoms with van der Waals surface area (Å²) in [5.74, 6) is 0.145. The van der Waals surface area contributed by atoms with Crippen molar-refractivity contribution in [1.29, 1.82) is 0 Å². The molecular weight excluding hydrogens is 419 g/mol. The second kappa shape index (κ2) is 8.66. The third-order valence-corrected chi connectivity index (χ3v) is 4.52. The molecular formula is C20H17ClF3N5O. The Morgan fingerprint density at radius 2 is 1.80 bits per heavy atom. The van der Waals surface area contributed by atoms with E-state index in [9.17, 15) is 18.0 Å². The highest BCUT2D eigenvalue weighted by molar-refractivity contribution is 6.35. The lowest BCUT2D eigenvalue weighted by Crippen LogP contribution is -2.29. The smallest absolute Gasteiger partial charge is 0.360 e. The molecule has 1 aromatic carbocycles. The second-order valence-corrected chi connectivity index (χ2v) is 6.89. The van der Waals surface area contributed by atoms with E-state index in [1.54, 1.807) is 38.6 Å². The predicted octanol–water partition coefficient (Wildman–Crippen LogP) is 4.38. The van der Waals surface area contributed by atoms with Crippen LogP contribution in [0.1, 0.15) is 5.56 Å². The van der Waals surface area contributed by atoms with Gasteiger partial charge >= 0.3 is 6.18 Å². The van der Waals surface area contributed by atoms with Crippen LogP contribution in [0.15, 0.2) is 48.8 Å². The fourth-order valence-corrected chi connectivity index (χ4v) is 2.77. The van der Waals surface area contributed by atoms with Crippen LogP contribution in [0.2, 0.25) is 5.02 Å². The number of carbonyl (C=O) groups is 1. The number of nitrogens with one attached hydrogen (secondary N) is 1. The first-order valence-electron chi connectivity index (χ1n) is 8.76. The minimum atomic E-state index is -4.44. The molecule has 3 aromatic rings. The summed E-state index contributed by atoms with van der Waals surface area (Å²) >= 11 is 6.46. The first-order valence-corrected chi connectivity index (χ1v) is 9.14. The number of nitrogens with zero attached hydrogens (tertiary/aromatic N) is 4. The Bertz CT molecular complexity index is 1040. The number of likely N-dealkylation sites (N-methyl/N-ethyl adjacent to an activating group) is 1. The Balaban J connectivity index is 2.06. The zero-order valence-corrected chi connectivity index (χ0v) is 16.8. The number of amides is 1. The predicted molar refractivity (Wildman–Crippen MR) is 108 cm³/mol. The maximum atomic E-state index is 12.9. The summed E-state index contributed by atoms with van der Waals surface area (Å²) in [5.41, 5.74) is 0.531.